The molecular formula is C18H22N2O3. The van der Waals surface area contributed by atoms with Crippen molar-refractivity contribution in [1.82, 2.24) is 5.32 Å². The Morgan fingerprint density at radius 2 is 2.00 bits per heavy atom. The highest BCUT2D eigenvalue weighted by Gasteiger charge is 2.25. The lowest BCUT2D eigenvalue weighted by Crippen LogP contribution is -2.46. The number of hydrogen-bond donors (Lipinski definition) is 2. The van der Waals surface area contributed by atoms with Crippen molar-refractivity contribution in [2.75, 3.05) is 6.54 Å². The van der Waals surface area contributed by atoms with Crippen LogP contribution >= 0.6 is 0 Å². The summed E-state index contributed by atoms with van der Waals surface area (Å²) in [6, 6.07) is 8.66. The van der Waals surface area contributed by atoms with Gasteiger partial charge in [-0.2, -0.15) is 0 Å². The average molecular weight is 314 g/mol. The molecule has 1 atom stereocenters. The summed E-state index contributed by atoms with van der Waals surface area (Å²) in [7, 11) is 0. The van der Waals surface area contributed by atoms with Crippen LogP contribution in [0.5, 0.6) is 0 Å². The van der Waals surface area contributed by atoms with Crippen molar-refractivity contribution in [1.29, 1.82) is 0 Å². The van der Waals surface area contributed by atoms with E-state index < -0.39 is 11.5 Å². The van der Waals surface area contributed by atoms with Gasteiger partial charge in [-0.1, -0.05) is 37.5 Å². The van der Waals surface area contributed by atoms with Gasteiger partial charge in [-0.25, -0.2) is 4.79 Å². The Morgan fingerprint density at radius 1 is 1.26 bits per heavy atom. The van der Waals surface area contributed by atoms with Gasteiger partial charge in [-0.15, -0.1) is 0 Å². The maximum Gasteiger partial charge on any atom is 0.349 e. The maximum absolute atomic E-state index is 12.5. The number of amides is 1. The first kappa shape index (κ1) is 15.7. The van der Waals surface area contributed by atoms with Crippen molar-refractivity contribution >= 4 is 16.9 Å². The Hall–Kier alpha value is -2.14. The van der Waals surface area contributed by atoms with Gasteiger partial charge in [0.2, 0.25) is 0 Å². The molecule has 1 fully saturated rings. The van der Waals surface area contributed by atoms with E-state index in [2.05, 4.69) is 5.32 Å². The second kappa shape index (κ2) is 6.96. The fourth-order valence-corrected chi connectivity index (χ4v) is 3.37. The van der Waals surface area contributed by atoms with E-state index >= 15 is 0 Å². The van der Waals surface area contributed by atoms with Crippen molar-refractivity contribution in [3.05, 3.63) is 46.3 Å². The summed E-state index contributed by atoms with van der Waals surface area (Å²) in [5.74, 6) is -0.00396. The molecule has 0 radical (unpaired) electrons. The van der Waals surface area contributed by atoms with Gasteiger partial charge in [0.25, 0.3) is 5.91 Å². The highest BCUT2D eigenvalue weighted by Crippen LogP contribution is 2.26. The molecule has 1 aromatic carbocycles. The molecule has 1 aliphatic rings. The van der Waals surface area contributed by atoms with E-state index in [1.165, 1.54) is 19.3 Å². The molecule has 1 amide bonds. The lowest BCUT2D eigenvalue weighted by Gasteiger charge is -2.29. The first-order valence-corrected chi connectivity index (χ1v) is 8.23. The van der Waals surface area contributed by atoms with E-state index in [1.807, 2.05) is 12.1 Å². The Morgan fingerprint density at radius 3 is 2.74 bits per heavy atom. The normalized spacial score (nSPS) is 17.1. The molecule has 1 aliphatic carbocycles. The summed E-state index contributed by atoms with van der Waals surface area (Å²) in [6.45, 7) is 0.384. The monoisotopic (exact) mass is 314 g/mol. The Labute approximate surface area is 134 Å². The smallest absolute Gasteiger partial charge is 0.349 e. The van der Waals surface area contributed by atoms with Crippen LogP contribution in [0.1, 0.15) is 42.5 Å². The van der Waals surface area contributed by atoms with Gasteiger partial charge >= 0.3 is 5.63 Å². The highest BCUT2D eigenvalue weighted by atomic mass is 16.4. The zero-order chi connectivity index (χ0) is 16.2. The van der Waals surface area contributed by atoms with Gasteiger partial charge < -0.3 is 15.5 Å². The number of rotatable bonds is 4. The van der Waals surface area contributed by atoms with Crippen LogP contribution in [-0.2, 0) is 0 Å². The lowest BCUT2D eigenvalue weighted by molar-refractivity contribution is 0.0912. The number of fused-ring (bicyclic) bond motifs is 1. The van der Waals surface area contributed by atoms with Crippen LogP contribution < -0.4 is 16.7 Å². The summed E-state index contributed by atoms with van der Waals surface area (Å²) in [5.41, 5.74) is 5.75. The molecule has 23 heavy (non-hydrogen) atoms. The molecule has 5 heteroatoms. The first-order chi connectivity index (χ1) is 11.2. The quantitative estimate of drug-likeness (QED) is 0.849. The van der Waals surface area contributed by atoms with Crippen molar-refractivity contribution < 1.29 is 9.21 Å². The fourth-order valence-electron chi connectivity index (χ4n) is 3.37. The molecule has 5 nitrogen and oxygen atoms in total. The standard InChI is InChI=1S/C18H22N2O3/c19-11-15(12-6-2-1-3-7-12)20-17(21)14-10-13-8-4-5-9-16(13)23-18(14)22/h4-5,8-10,12,15H,1-3,6-7,11,19H2,(H,20,21). The van der Waals surface area contributed by atoms with Crippen LogP contribution in [0, 0.1) is 5.92 Å². The van der Waals surface area contributed by atoms with Gasteiger partial charge in [0.05, 0.1) is 0 Å². The van der Waals surface area contributed by atoms with E-state index in [4.69, 9.17) is 10.2 Å². The molecule has 0 spiro atoms. The number of nitrogens with one attached hydrogen (secondary N) is 1. The second-order valence-corrected chi connectivity index (χ2v) is 6.20. The summed E-state index contributed by atoms with van der Waals surface area (Å²) < 4.78 is 5.23. The first-order valence-electron chi connectivity index (χ1n) is 8.23. The van der Waals surface area contributed by atoms with Crippen LogP contribution in [0.3, 0.4) is 0 Å². The van der Waals surface area contributed by atoms with E-state index in [0.29, 0.717) is 18.0 Å². The average Bonchev–Trinajstić information content (AvgIpc) is 2.59. The van der Waals surface area contributed by atoms with E-state index in [1.54, 1.807) is 18.2 Å². The van der Waals surface area contributed by atoms with Gasteiger partial charge in [0.15, 0.2) is 0 Å². The predicted molar refractivity (Wildman–Crippen MR) is 89.4 cm³/mol. The fraction of sp³-hybridized carbons (Fsp3) is 0.444. The number of benzene rings is 1. The minimum atomic E-state index is -0.611. The van der Waals surface area contributed by atoms with Crippen LogP contribution in [0.15, 0.2) is 39.5 Å². The minimum Gasteiger partial charge on any atom is -0.422 e. The van der Waals surface area contributed by atoms with Gasteiger partial charge in [0, 0.05) is 18.0 Å². The van der Waals surface area contributed by atoms with Crippen LogP contribution in [0.25, 0.3) is 11.0 Å². The summed E-state index contributed by atoms with van der Waals surface area (Å²) >= 11 is 0. The molecule has 0 aliphatic heterocycles. The topological polar surface area (TPSA) is 85.3 Å². The van der Waals surface area contributed by atoms with E-state index in [9.17, 15) is 9.59 Å². The molecule has 2 aromatic rings. The number of carbonyl (C=O) groups is 1. The number of para-hydroxylation sites is 1. The van der Waals surface area contributed by atoms with Crippen LogP contribution in [0.4, 0.5) is 0 Å². The van der Waals surface area contributed by atoms with Crippen molar-refractivity contribution in [3.63, 3.8) is 0 Å². The number of nitrogens with two attached hydrogens (primary N) is 1. The van der Waals surface area contributed by atoms with Gasteiger partial charge in [0.1, 0.15) is 11.1 Å². The minimum absolute atomic E-state index is 0.0398. The molecular weight excluding hydrogens is 292 g/mol. The zero-order valence-electron chi connectivity index (χ0n) is 13.1. The number of carbonyl (C=O) groups excluding carboxylic acids is 1. The molecule has 3 rings (SSSR count). The summed E-state index contributed by atoms with van der Waals surface area (Å²) in [4.78, 5) is 24.6. The maximum atomic E-state index is 12.5. The van der Waals surface area contributed by atoms with Gasteiger partial charge in [-0.3, -0.25) is 4.79 Å². The third kappa shape index (κ3) is 3.45. The highest BCUT2D eigenvalue weighted by molar-refractivity contribution is 5.96. The van der Waals surface area contributed by atoms with E-state index in [-0.39, 0.29) is 11.6 Å². The molecule has 1 saturated carbocycles. The lowest BCUT2D eigenvalue weighted by atomic mass is 9.84. The predicted octanol–water partition coefficient (Wildman–Crippen LogP) is 2.43. The Balaban J connectivity index is 1.81. The second-order valence-electron chi connectivity index (χ2n) is 6.20. The molecule has 0 bridgehead atoms. The third-order valence-corrected chi connectivity index (χ3v) is 4.68. The molecule has 122 valence electrons. The third-order valence-electron chi connectivity index (χ3n) is 4.68. The molecule has 1 unspecified atom stereocenters. The van der Waals surface area contributed by atoms with Crippen molar-refractivity contribution in [2.45, 2.75) is 38.1 Å². The van der Waals surface area contributed by atoms with Gasteiger partial charge in [-0.05, 0) is 30.9 Å². The van der Waals surface area contributed by atoms with E-state index in [0.717, 1.165) is 18.2 Å². The van der Waals surface area contributed by atoms with Crippen molar-refractivity contribution in [2.24, 2.45) is 11.7 Å². The summed E-state index contributed by atoms with van der Waals surface area (Å²) in [6.07, 6.45) is 5.75. The SMILES string of the molecule is NCC(NC(=O)c1cc2ccccc2oc1=O)C1CCCCC1. The van der Waals surface area contributed by atoms with Crippen molar-refractivity contribution in [3.8, 4) is 0 Å². The molecule has 1 heterocycles. The van der Waals surface area contributed by atoms with Crippen LogP contribution in [-0.4, -0.2) is 18.5 Å². The summed E-state index contributed by atoms with van der Waals surface area (Å²) in [5, 5.41) is 3.67. The Kier molecular flexibility index (Phi) is 4.76. The number of hydrogen-bond acceptors (Lipinski definition) is 4. The molecule has 3 N–H and O–H groups in total. The largest absolute Gasteiger partial charge is 0.422 e. The Bertz CT molecular complexity index is 747. The molecule has 1 aromatic heterocycles. The zero-order valence-corrected chi connectivity index (χ0v) is 13.1. The molecule has 0 saturated heterocycles. The van der Waals surface area contributed by atoms with Crippen LogP contribution in [0.2, 0.25) is 0 Å².